The Morgan fingerprint density at radius 3 is 2.60 bits per heavy atom. The van der Waals surface area contributed by atoms with Gasteiger partial charge in [0.25, 0.3) is 0 Å². The summed E-state index contributed by atoms with van der Waals surface area (Å²) in [7, 11) is 0. The van der Waals surface area contributed by atoms with E-state index in [1.165, 1.54) is 19.3 Å². The Hall–Kier alpha value is -0.420. The molecule has 1 spiro atoms. The summed E-state index contributed by atoms with van der Waals surface area (Å²) in [5.74, 6) is 2.64. The second-order valence-electron chi connectivity index (χ2n) is 9.47. The van der Waals surface area contributed by atoms with Crippen LogP contribution in [0.15, 0.2) is 12.2 Å². The van der Waals surface area contributed by atoms with E-state index in [0.717, 1.165) is 43.4 Å². The molecule has 0 bridgehead atoms. The molecule has 2 unspecified atom stereocenters. The van der Waals surface area contributed by atoms with Gasteiger partial charge in [0.2, 0.25) is 0 Å². The van der Waals surface area contributed by atoms with Crippen molar-refractivity contribution in [2.75, 3.05) is 13.2 Å². The molecule has 4 nitrogen and oxygen atoms in total. The average Bonchev–Trinajstić information content (AvgIpc) is 3.05. The van der Waals surface area contributed by atoms with Gasteiger partial charge in [-0.3, -0.25) is 0 Å². The second kappa shape index (κ2) is 5.79. The van der Waals surface area contributed by atoms with Gasteiger partial charge in [0.1, 0.15) is 0 Å². The van der Waals surface area contributed by atoms with Crippen LogP contribution in [0.25, 0.3) is 0 Å². The Kier molecular flexibility index (Phi) is 3.87. The smallest absolute Gasteiger partial charge is 0.174 e. The molecule has 5 rings (SSSR count). The Morgan fingerprint density at radius 2 is 1.88 bits per heavy atom. The lowest BCUT2D eigenvalue weighted by Gasteiger charge is -2.64. The predicted octanol–water partition coefficient (Wildman–Crippen LogP) is 2.88. The summed E-state index contributed by atoms with van der Waals surface area (Å²) in [4.78, 5) is 0. The Bertz CT molecular complexity index is 544. The number of aliphatic hydroxyl groups is 2. The van der Waals surface area contributed by atoms with Gasteiger partial charge in [-0.15, -0.1) is 0 Å². The molecule has 0 aromatic heterocycles. The fourth-order valence-corrected chi connectivity index (χ4v) is 6.84. The quantitative estimate of drug-likeness (QED) is 0.767. The second-order valence-corrected chi connectivity index (χ2v) is 9.47. The van der Waals surface area contributed by atoms with Gasteiger partial charge in [0, 0.05) is 17.8 Å². The lowest BCUT2D eigenvalue weighted by Crippen LogP contribution is -2.67. The van der Waals surface area contributed by atoms with Crippen molar-refractivity contribution in [3.05, 3.63) is 12.2 Å². The predicted molar refractivity (Wildman–Crippen MR) is 93.7 cm³/mol. The van der Waals surface area contributed by atoms with Crippen molar-refractivity contribution in [2.24, 2.45) is 35.0 Å². The third-order valence-electron chi connectivity index (χ3n) is 8.45. The molecule has 0 radical (unpaired) electrons. The van der Waals surface area contributed by atoms with E-state index in [0.29, 0.717) is 19.1 Å². The van der Waals surface area contributed by atoms with Gasteiger partial charge in [-0.2, -0.15) is 0 Å². The van der Waals surface area contributed by atoms with Crippen molar-refractivity contribution in [1.82, 2.24) is 0 Å². The zero-order chi connectivity index (χ0) is 17.2. The highest BCUT2D eigenvalue weighted by molar-refractivity contribution is 5.17. The molecule has 1 saturated heterocycles. The van der Waals surface area contributed by atoms with E-state index in [1.54, 1.807) is 0 Å². The molecule has 2 N–H and O–H groups in total. The molecule has 25 heavy (non-hydrogen) atoms. The minimum Gasteiger partial charge on any atom is -0.393 e. The van der Waals surface area contributed by atoms with Crippen LogP contribution in [0.1, 0.15) is 51.9 Å². The topological polar surface area (TPSA) is 58.9 Å². The first-order valence-corrected chi connectivity index (χ1v) is 10.4. The zero-order valence-electron chi connectivity index (χ0n) is 15.3. The summed E-state index contributed by atoms with van der Waals surface area (Å²) in [5.41, 5.74) is -0.00376. The highest BCUT2D eigenvalue weighted by atomic mass is 16.7. The molecule has 5 aliphatic rings. The average molecular weight is 348 g/mol. The first-order chi connectivity index (χ1) is 12.0. The van der Waals surface area contributed by atoms with Gasteiger partial charge < -0.3 is 19.7 Å². The normalized spacial score (nSPS) is 51.3. The maximum Gasteiger partial charge on any atom is 0.174 e. The third kappa shape index (κ3) is 2.40. The number of rotatable bonds is 4. The molecule has 7 atom stereocenters. The van der Waals surface area contributed by atoms with Gasteiger partial charge in [-0.05, 0) is 55.8 Å². The lowest BCUT2D eigenvalue weighted by atomic mass is 9.47. The van der Waals surface area contributed by atoms with Crippen molar-refractivity contribution in [2.45, 2.75) is 69.9 Å². The van der Waals surface area contributed by atoms with Crippen LogP contribution in [-0.4, -0.2) is 41.4 Å². The number of ether oxygens (including phenoxy) is 2. The molecule has 0 aromatic carbocycles. The molecule has 140 valence electrons. The first-order valence-electron chi connectivity index (χ1n) is 10.4. The number of hydrogen-bond donors (Lipinski definition) is 2. The van der Waals surface area contributed by atoms with Crippen molar-refractivity contribution in [3.63, 3.8) is 0 Å². The highest BCUT2D eigenvalue weighted by Crippen LogP contribution is 2.66. The molecule has 0 amide bonds. The van der Waals surface area contributed by atoms with E-state index < -0.39 is 5.79 Å². The maximum atomic E-state index is 10.6. The largest absolute Gasteiger partial charge is 0.393 e. The fraction of sp³-hybridized carbons (Fsp3) is 0.905. The van der Waals surface area contributed by atoms with Crippen molar-refractivity contribution < 1.29 is 19.7 Å². The summed E-state index contributed by atoms with van der Waals surface area (Å²) >= 11 is 0. The van der Waals surface area contributed by atoms with Crippen LogP contribution >= 0.6 is 0 Å². The summed E-state index contributed by atoms with van der Waals surface area (Å²) in [5, 5.41) is 21.0. The van der Waals surface area contributed by atoms with Crippen molar-refractivity contribution in [1.29, 1.82) is 0 Å². The fourth-order valence-electron chi connectivity index (χ4n) is 6.84. The van der Waals surface area contributed by atoms with Crippen molar-refractivity contribution in [3.8, 4) is 0 Å². The molecular weight excluding hydrogens is 316 g/mol. The van der Waals surface area contributed by atoms with Crippen LogP contribution in [0.3, 0.4) is 0 Å². The maximum absolute atomic E-state index is 10.6. The molecule has 5 fully saturated rings. The van der Waals surface area contributed by atoms with E-state index >= 15 is 0 Å². The van der Waals surface area contributed by atoms with Gasteiger partial charge in [-0.1, -0.05) is 25.5 Å². The molecular formula is C21H32O4. The molecule has 1 aliphatic heterocycles. The first kappa shape index (κ1) is 16.7. The number of fused-ring (bicyclic) bond motifs is 3. The number of aliphatic hydroxyl groups excluding tert-OH is 2. The monoisotopic (exact) mass is 348 g/mol. The van der Waals surface area contributed by atoms with Crippen LogP contribution in [0.4, 0.5) is 0 Å². The van der Waals surface area contributed by atoms with Crippen LogP contribution in [0, 0.1) is 35.0 Å². The van der Waals surface area contributed by atoms with E-state index in [1.807, 2.05) is 6.08 Å². The molecule has 1 heterocycles. The molecule has 4 saturated carbocycles. The van der Waals surface area contributed by atoms with Gasteiger partial charge in [0.05, 0.1) is 25.4 Å². The minimum atomic E-state index is -0.409. The van der Waals surface area contributed by atoms with Gasteiger partial charge in [0.15, 0.2) is 5.79 Å². The summed E-state index contributed by atoms with van der Waals surface area (Å²) in [6.07, 6.45) is 11.1. The summed E-state index contributed by atoms with van der Waals surface area (Å²) < 4.78 is 12.0. The van der Waals surface area contributed by atoms with Crippen LogP contribution in [-0.2, 0) is 9.47 Å². The van der Waals surface area contributed by atoms with Crippen LogP contribution < -0.4 is 0 Å². The zero-order valence-corrected chi connectivity index (χ0v) is 15.3. The van der Waals surface area contributed by atoms with Gasteiger partial charge in [-0.25, -0.2) is 0 Å². The lowest BCUT2D eigenvalue weighted by molar-refractivity contribution is -0.344. The third-order valence-corrected chi connectivity index (χ3v) is 8.45. The van der Waals surface area contributed by atoms with E-state index in [-0.39, 0.29) is 23.5 Å². The summed E-state index contributed by atoms with van der Waals surface area (Å²) in [6.45, 7) is 3.64. The van der Waals surface area contributed by atoms with E-state index in [9.17, 15) is 10.2 Å². The SMILES string of the molecule is C[C@@]12CC[C@H](O)[C@@H](/C=C/[C@@H](O)CC3C4CCCC43)[C@@H]1CC21OCCO1. The Labute approximate surface area is 150 Å². The molecule has 0 aromatic rings. The van der Waals surface area contributed by atoms with Crippen molar-refractivity contribution >= 4 is 0 Å². The Morgan fingerprint density at radius 1 is 1.16 bits per heavy atom. The number of hydrogen-bond acceptors (Lipinski definition) is 4. The van der Waals surface area contributed by atoms with E-state index in [4.69, 9.17) is 9.47 Å². The van der Waals surface area contributed by atoms with E-state index in [2.05, 4.69) is 13.0 Å². The van der Waals surface area contributed by atoms with Gasteiger partial charge >= 0.3 is 0 Å². The van der Waals surface area contributed by atoms with Crippen LogP contribution in [0.2, 0.25) is 0 Å². The standard InChI is InChI=1S/C21H32O4/c1-20-8-7-19(23)16(18(20)12-21(20)24-9-10-25-21)6-5-13(22)11-17-14-3-2-4-15(14)17/h5-6,13-19,22-23H,2-4,7-12H2,1H3/b6-5+/t13-,14?,15?,16+,17?,18+,19+,20-/m1/s1. The van der Waals surface area contributed by atoms with Crippen LogP contribution in [0.5, 0.6) is 0 Å². The molecule has 4 aliphatic carbocycles. The Balaban J connectivity index is 1.23. The highest BCUT2D eigenvalue weighted by Gasteiger charge is 2.69. The molecule has 4 heteroatoms. The minimum absolute atomic E-state index is 0.00376. The summed E-state index contributed by atoms with van der Waals surface area (Å²) in [6, 6.07) is 0.